The van der Waals surface area contributed by atoms with E-state index in [0.29, 0.717) is 6.54 Å². The molecular weight excluding hydrogens is 377 g/mol. The lowest BCUT2D eigenvalue weighted by atomic mass is 10.1. The molecule has 0 atom stereocenters. The second-order valence-corrected chi connectivity index (χ2v) is 7.31. The first-order chi connectivity index (χ1) is 14.6. The lowest BCUT2D eigenvalue weighted by molar-refractivity contribution is -0.120. The number of aromatic nitrogens is 1. The minimum Gasteiger partial charge on any atom is -0.342 e. The summed E-state index contributed by atoms with van der Waals surface area (Å²) in [6, 6.07) is 22.4. The first kappa shape index (κ1) is 19.6. The Bertz CT molecular complexity index is 1190. The summed E-state index contributed by atoms with van der Waals surface area (Å²) in [5.74, 6) is -0.407. The largest absolute Gasteiger partial charge is 0.342 e. The zero-order valence-electron chi connectivity index (χ0n) is 16.7. The summed E-state index contributed by atoms with van der Waals surface area (Å²) < 4.78 is 15.3. The van der Waals surface area contributed by atoms with Crippen LogP contribution in [0.1, 0.15) is 22.3 Å². The van der Waals surface area contributed by atoms with Gasteiger partial charge in [-0.1, -0.05) is 60.2 Å². The molecule has 5 heteroatoms. The van der Waals surface area contributed by atoms with Crippen LogP contribution in [0.4, 0.5) is 4.39 Å². The molecule has 1 heterocycles. The van der Waals surface area contributed by atoms with Crippen molar-refractivity contribution < 1.29 is 9.18 Å². The van der Waals surface area contributed by atoms with Gasteiger partial charge < -0.3 is 4.57 Å². The van der Waals surface area contributed by atoms with Gasteiger partial charge in [-0.05, 0) is 36.2 Å². The number of aryl methyl sites for hydroxylation is 1. The summed E-state index contributed by atoms with van der Waals surface area (Å²) >= 11 is 0. The Kier molecular flexibility index (Phi) is 5.70. The molecule has 0 aliphatic heterocycles. The fourth-order valence-electron chi connectivity index (χ4n) is 3.40. The molecule has 0 unspecified atom stereocenters. The van der Waals surface area contributed by atoms with Gasteiger partial charge in [-0.15, -0.1) is 0 Å². The highest BCUT2D eigenvalue weighted by molar-refractivity contribution is 5.99. The van der Waals surface area contributed by atoms with Gasteiger partial charge in [-0.3, -0.25) is 4.79 Å². The highest BCUT2D eigenvalue weighted by atomic mass is 19.1. The number of hydrogen-bond acceptors (Lipinski definition) is 2. The van der Waals surface area contributed by atoms with Crippen molar-refractivity contribution in [3.05, 3.63) is 107 Å². The van der Waals surface area contributed by atoms with E-state index >= 15 is 0 Å². The van der Waals surface area contributed by atoms with E-state index < -0.39 is 0 Å². The van der Waals surface area contributed by atoms with Gasteiger partial charge in [-0.25, -0.2) is 9.82 Å². The molecule has 1 aromatic heterocycles. The quantitative estimate of drug-likeness (QED) is 0.366. The van der Waals surface area contributed by atoms with Crippen molar-refractivity contribution >= 4 is 23.0 Å². The predicted octanol–water partition coefficient (Wildman–Crippen LogP) is 4.83. The number of amides is 1. The van der Waals surface area contributed by atoms with Crippen molar-refractivity contribution in [3.63, 3.8) is 0 Å². The van der Waals surface area contributed by atoms with Gasteiger partial charge in [0.2, 0.25) is 5.91 Å². The first-order valence-corrected chi connectivity index (χ1v) is 9.78. The molecule has 4 rings (SSSR count). The molecule has 1 N–H and O–H groups in total. The third kappa shape index (κ3) is 4.63. The zero-order valence-corrected chi connectivity index (χ0v) is 16.7. The van der Waals surface area contributed by atoms with Gasteiger partial charge in [0.15, 0.2) is 0 Å². The molecule has 0 fully saturated rings. The number of para-hydroxylation sites is 1. The van der Waals surface area contributed by atoms with Crippen molar-refractivity contribution in [2.24, 2.45) is 5.10 Å². The van der Waals surface area contributed by atoms with Gasteiger partial charge in [0, 0.05) is 29.2 Å². The van der Waals surface area contributed by atoms with E-state index in [4.69, 9.17) is 0 Å². The number of rotatable bonds is 6. The molecule has 3 aromatic carbocycles. The number of halogens is 1. The van der Waals surface area contributed by atoms with Crippen molar-refractivity contribution in [1.29, 1.82) is 0 Å². The lowest BCUT2D eigenvalue weighted by Gasteiger charge is -2.05. The summed E-state index contributed by atoms with van der Waals surface area (Å²) in [5, 5.41) is 5.19. The fraction of sp³-hybridized carbons (Fsp3) is 0.120. The normalized spacial score (nSPS) is 11.3. The van der Waals surface area contributed by atoms with E-state index in [1.54, 1.807) is 18.3 Å². The number of nitrogens with zero attached hydrogens (tertiary/aromatic N) is 2. The standard InChI is InChI=1S/C25H22FN3O/c1-18-6-8-19(9-7-18)14-25(30)28-27-15-21-17-29(24-5-3-2-4-23(21)24)16-20-10-12-22(26)13-11-20/h2-13,15,17H,14,16H2,1H3,(H,28,30)/b27-15-. The first-order valence-electron chi connectivity index (χ1n) is 9.78. The molecular formula is C25H22FN3O. The third-order valence-electron chi connectivity index (χ3n) is 4.96. The second-order valence-electron chi connectivity index (χ2n) is 7.31. The number of benzene rings is 3. The van der Waals surface area contributed by atoms with E-state index in [-0.39, 0.29) is 18.1 Å². The Morgan fingerprint density at radius 1 is 1.00 bits per heavy atom. The van der Waals surface area contributed by atoms with Crippen molar-refractivity contribution in [2.75, 3.05) is 0 Å². The highest BCUT2D eigenvalue weighted by Crippen LogP contribution is 2.21. The van der Waals surface area contributed by atoms with Gasteiger partial charge >= 0.3 is 0 Å². The molecule has 0 bridgehead atoms. The lowest BCUT2D eigenvalue weighted by Crippen LogP contribution is -2.19. The zero-order chi connectivity index (χ0) is 20.9. The maximum atomic E-state index is 13.2. The number of hydrogen-bond donors (Lipinski definition) is 1. The van der Waals surface area contributed by atoms with E-state index in [1.165, 1.54) is 12.1 Å². The molecule has 0 aliphatic carbocycles. The number of hydrazone groups is 1. The minimum absolute atomic E-state index is 0.162. The number of fused-ring (bicyclic) bond motifs is 1. The average molecular weight is 399 g/mol. The van der Waals surface area contributed by atoms with E-state index in [0.717, 1.165) is 33.2 Å². The van der Waals surface area contributed by atoms with Crippen LogP contribution in [0.3, 0.4) is 0 Å². The van der Waals surface area contributed by atoms with Crippen LogP contribution in [-0.4, -0.2) is 16.7 Å². The van der Waals surface area contributed by atoms with E-state index in [9.17, 15) is 9.18 Å². The Morgan fingerprint density at radius 2 is 1.70 bits per heavy atom. The maximum Gasteiger partial charge on any atom is 0.244 e. The summed E-state index contributed by atoms with van der Waals surface area (Å²) in [4.78, 5) is 12.2. The SMILES string of the molecule is Cc1ccc(CC(=O)N/N=C\c2cn(Cc3ccc(F)cc3)c3ccccc23)cc1. The van der Waals surface area contributed by atoms with Crippen molar-refractivity contribution in [1.82, 2.24) is 9.99 Å². The van der Waals surface area contributed by atoms with E-state index in [1.807, 2.05) is 61.7 Å². The van der Waals surface area contributed by atoms with Crippen LogP contribution >= 0.6 is 0 Å². The predicted molar refractivity (Wildman–Crippen MR) is 118 cm³/mol. The molecule has 4 nitrogen and oxygen atoms in total. The van der Waals surface area contributed by atoms with Crippen LogP contribution in [0.25, 0.3) is 10.9 Å². The summed E-state index contributed by atoms with van der Waals surface area (Å²) in [7, 11) is 0. The Morgan fingerprint density at radius 3 is 2.47 bits per heavy atom. The van der Waals surface area contributed by atoms with Gasteiger partial charge in [0.25, 0.3) is 0 Å². The van der Waals surface area contributed by atoms with Crippen LogP contribution in [0.5, 0.6) is 0 Å². The molecule has 150 valence electrons. The number of carbonyl (C=O) groups is 1. The molecule has 0 saturated carbocycles. The monoisotopic (exact) mass is 399 g/mol. The van der Waals surface area contributed by atoms with Gasteiger partial charge in [0.1, 0.15) is 5.82 Å². The van der Waals surface area contributed by atoms with Crippen LogP contribution in [0.2, 0.25) is 0 Å². The summed E-state index contributed by atoms with van der Waals surface area (Å²) in [5.41, 5.74) is 7.68. The molecule has 1 amide bonds. The third-order valence-corrected chi connectivity index (χ3v) is 4.96. The van der Waals surface area contributed by atoms with Crippen molar-refractivity contribution in [3.8, 4) is 0 Å². The second kappa shape index (κ2) is 8.74. The summed E-state index contributed by atoms with van der Waals surface area (Å²) in [6.45, 7) is 2.63. The average Bonchev–Trinajstić information content (AvgIpc) is 3.09. The van der Waals surface area contributed by atoms with Crippen LogP contribution < -0.4 is 5.43 Å². The molecule has 30 heavy (non-hydrogen) atoms. The summed E-state index contributed by atoms with van der Waals surface area (Å²) in [6.07, 6.45) is 3.93. The van der Waals surface area contributed by atoms with E-state index in [2.05, 4.69) is 15.1 Å². The fourth-order valence-corrected chi connectivity index (χ4v) is 3.40. The molecule has 0 aliphatic rings. The Balaban J connectivity index is 1.49. The Hall–Kier alpha value is -3.73. The topological polar surface area (TPSA) is 46.4 Å². The van der Waals surface area contributed by atoms with Crippen molar-refractivity contribution in [2.45, 2.75) is 19.9 Å². The molecule has 0 saturated heterocycles. The molecule has 0 spiro atoms. The minimum atomic E-state index is -0.245. The smallest absolute Gasteiger partial charge is 0.244 e. The number of carbonyl (C=O) groups excluding carboxylic acids is 1. The molecule has 0 radical (unpaired) electrons. The van der Waals surface area contributed by atoms with Gasteiger partial charge in [-0.2, -0.15) is 5.10 Å². The van der Waals surface area contributed by atoms with Gasteiger partial charge in [0.05, 0.1) is 12.6 Å². The van der Waals surface area contributed by atoms with Crippen LogP contribution in [-0.2, 0) is 17.8 Å². The number of nitrogens with one attached hydrogen (secondary N) is 1. The Labute approximate surface area is 174 Å². The van der Waals surface area contributed by atoms with Crippen LogP contribution in [0, 0.1) is 12.7 Å². The van der Waals surface area contributed by atoms with Crippen LogP contribution in [0.15, 0.2) is 84.1 Å². The molecule has 4 aromatic rings. The highest BCUT2D eigenvalue weighted by Gasteiger charge is 2.08. The maximum absolute atomic E-state index is 13.2.